The van der Waals surface area contributed by atoms with Gasteiger partial charge in [0.1, 0.15) is 5.82 Å². The number of carbonyl (C=O) groups is 1. The minimum Gasteiger partial charge on any atom is -0.373 e. The fourth-order valence-corrected chi connectivity index (χ4v) is 2.35. The van der Waals surface area contributed by atoms with Crippen molar-refractivity contribution < 1.29 is 4.79 Å². The molecule has 2 unspecified atom stereocenters. The van der Waals surface area contributed by atoms with Crippen LogP contribution < -0.4 is 10.6 Å². The third-order valence-electron chi connectivity index (χ3n) is 4.13. The summed E-state index contributed by atoms with van der Waals surface area (Å²) in [6.07, 6.45) is 2.69. The van der Waals surface area contributed by atoms with Crippen molar-refractivity contribution >= 4 is 22.5 Å². The molecule has 0 saturated carbocycles. The van der Waals surface area contributed by atoms with Crippen molar-refractivity contribution in [3.8, 4) is 0 Å². The summed E-state index contributed by atoms with van der Waals surface area (Å²) < 4.78 is 0. The van der Waals surface area contributed by atoms with Gasteiger partial charge in [0.05, 0.1) is 5.56 Å². The van der Waals surface area contributed by atoms with Gasteiger partial charge in [0.25, 0.3) is 5.91 Å². The SMILES string of the molecule is CCC(C)C(C)NC(=O)c1cnc(NC)c2ccccc12. The molecule has 2 atom stereocenters. The van der Waals surface area contributed by atoms with Crippen LogP contribution in [0.5, 0.6) is 0 Å². The fourth-order valence-electron chi connectivity index (χ4n) is 2.35. The number of hydrogen-bond acceptors (Lipinski definition) is 3. The zero-order chi connectivity index (χ0) is 15.4. The van der Waals surface area contributed by atoms with Gasteiger partial charge < -0.3 is 10.6 Å². The number of nitrogens with zero attached hydrogens (tertiary/aromatic N) is 1. The Bertz CT molecular complexity index is 639. The highest BCUT2D eigenvalue weighted by Gasteiger charge is 2.17. The Morgan fingerprint density at radius 1 is 1.24 bits per heavy atom. The van der Waals surface area contributed by atoms with E-state index in [1.54, 1.807) is 6.20 Å². The van der Waals surface area contributed by atoms with E-state index >= 15 is 0 Å². The molecule has 112 valence electrons. The molecule has 21 heavy (non-hydrogen) atoms. The van der Waals surface area contributed by atoms with E-state index < -0.39 is 0 Å². The lowest BCUT2D eigenvalue weighted by Crippen LogP contribution is -2.37. The van der Waals surface area contributed by atoms with E-state index in [4.69, 9.17) is 0 Å². The molecule has 0 aliphatic heterocycles. The minimum atomic E-state index is -0.0610. The summed E-state index contributed by atoms with van der Waals surface area (Å²) in [6, 6.07) is 7.97. The Hall–Kier alpha value is -2.10. The number of aromatic nitrogens is 1. The number of anilines is 1. The standard InChI is InChI=1S/C17H23N3O/c1-5-11(2)12(3)20-17(21)15-10-19-16(18-4)14-9-7-6-8-13(14)15/h6-12H,5H2,1-4H3,(H,18,19)(H,20,21). The normalized spacial score (nSPS) is 13.7. The molecule has 4 nitrogen and oxygen atoms in total. The average molecular weight is 285 g/mol. The van der Waals surface area contributed by atoms with Crippen molar-refractivity contribution in [2.75, 3.05) is 12.4 Å². The monoisotopic (exact) mass is 285 g/mol. The van der Waals surface area contributed by atoms with Crippen molar-refractivity contribution in [3.05, 3.63) is 36.0 Å². The number of rotatable bonds is 5. The van der Waals surface area contributed by atoms with Crippen LogP contribution in [0.3, 0.4) is 0 Å². The predicted molar refractivity (Wildman–Crippen MR) is 87.7 cm³/mol. The Morgan fingerprint density at radius 3 is 2.52 bits per heavy atom. The quantitative estimate of drug-likeness (QED) is 0.884. The van der Waals surface area contributed by atoms with Gasteiger partial charge in [-0.2, -0.15) is 0 Å². The maximum Gasteiger partial charge on any atom is 0.253 e. The molecule has 2 N–H and O–H groups in total. The Morgan fingerprint density at radius 2 is 1.90 bits per heavy atom. The van der Waals surface area contributed by atoms with Crippen molar-refractivity contribution in [1.82, 2.24) is 10.3 Å². The Labute approximate surface area is 126 Å². The van der Waals surface area contributed by atoms with Crippen molar-refractivity contribution in [2.45, 2.75) is 33.2 Å². The number of hydrogen-bond donors (Lipinski definition) is 2. The van der Waals surface area contributed by atoms with E-state index in [1.165, 1.54) is 0 Å². The second kappa shape index (κ2) is 6.57. The second-order valence-electron chi connectivity index (χ2n) is 5.46. The van der Waals surface area contributed by atoms with E-state index in [1.807, 2.05) is 38.2 Å². The van der Waals surface area contributed by atoms with Crippen LogP contribution in [0.2, 0.25) is 0 Å². The maximum absolute atomic E-state index is 12.5. The van der Waals surface area contributed by atoms with Crippen LogP contribution in [0.25, 0.3) is 10.8 Å². The van der Waals surface area contributed by atoms with E-state index in [-0.39, 0.29) is 11.9 Å². The highest BCUT2D eigenvalue weighted by molar-refractivity contribution is 6.09. The summed E-state index contributed by atoms with van der Waals surface area (Å²) in [7, 11) is 1.83. The van der Waals surface area contributed by atoms with Gasteiger partial charge in [-0.1, -0.05) is 44.5 Å². The van der Waals surface area contributed by atoms with Gasteiger partial charge in [-0.3, -0.25) is 4.79 Å². The molecule has 1 amide bonds. The van der Waals surface area contributed by atoms with Crippen LogP contribution >= 0.6 is 0 Å². The molecule has 0 aliphatic rings. The number of fused-ring (bicyclic) bond motifs is 1. The number of nitrogens with one attached hydrogen (secondary N) is 2. The first-order chi connectivity index (χ1) is 10.1. The highest BCUT2D eigenvalue weighted by atomic mass is 16.1. The molecular formula is C17H23N3O. The topological polar surface area (TPSA) is 54.0 Å². The summed E-state index contributed by atoms with van der Waals surface area (Å²) in [5.41, 5.74) is 0.625. The lowest BCUT2D eigenvalue weighted by atomic mass is 10.00. The molecule has 0 radical (unpaired) electrons. The lowest BCUT2D eigenvalue weighted by molar-refractivity contribution is 0.0929. The van der Waals surface area contributed by atoms with Crippen LogP contribution in [-0.2, 0) is 0 Å². The summed E-state index contributed by atoms with van der Waals surface area (Å²) >= 11 is 0. The van der Waals surface area contributed by atoms with Gasteiger partial charge in [-0.25, -0.2) is 4.98 Å². The fraction of sp³-hybridized carbons (Fsp3) is 0.412. The highest BCUT2D eigenvalue weighted by Crippen LogP contribution is 2.24. The molecule has 1 aromatic heterocycles. The largest absolute Gasteiger partial charge is 0.373 e. The average Bonchev–Trinajstić information content (AvgIpc) is 2.52. The molecule has 1 aromatic carbocycles. The summed E-state index contributed by atoms with van der Waals surface area (Å²) in [4.78, 5) is 16.9. The van der Waals surface area contributed by atoms with Crippen LogP contribution in [-0.4, -0.2) is 24.0 Å². The van der Waals surface area contributed by atoms with Crippen LogP contribution in [0.4, 0.5) is 5.82 Å². The van der Waals surface area contributed by atoms with Gasteiger partial charge in [-0.05, 0) is 18.2 Å². The van der Waals surface area contributed by atoms with Crippen LogP contribution in [0.15, 0.2) is 30.5 Å². The van der Waals surface area contributed by atoms with E-state index in [2.05, 4.69) is 29.5 Å². The summed E-state index contributed by atoms with van der Waals surface area (Å²) in [5, 5.41) is 8.02. The zero-order valence-corrected chi connectivity index (χ0v) is 13.1. The molecule has 2 aromatic rings. The predicted octanol–water partition coefficient (Wildman–Crippen LogP) is 3.44. The number of pyridine rings is 1. The van der Waals surface area contributed by atoms with Crippen molar-refractivity contribution in [3.63, 3.8) is 0 Å². The van der Waals surface area contributed by atoms with Crippen molar-refractivity contribution in [1.29, 1.82) is 0 Å². The van der Waals surface area contributed by atoms with Gasteiger partial charge in [-0.15, -0.1) is 0 Å². The third kappa shape index (κ3) is 3.15. The first-order valence-corrected chi connectivity index (χ1v) is 7.44. The number of amides is 1. The summed E-state index contributed by atoms with van der Waals surface area (Å²) in [5.74, 6) is 1.18. The molecule has 1 heterocycles. The van der Waals surface area contributed by atoms with Crippen LogP contribution in [0, 0.1) is 5.92 Å². The second-order valence-corrected chi connectivity index (χ2v) is 5.46. The van der Waals surface area contributed by atoms with Crippen LogP contribution in [0.1, 0.15) is 37.6 Å². The smallest absolute Gasteiger partial charge is 0.253 e. The molecule has 0 bridgehead atoms. The van der Waals surface area contributed by atoms with E-state index in [0.29, 0.717) is 11.5 Å². The first-order valence-electron chi connectivity index (χ1n) is 7.44. The number of benzene rings is 1. The molecular weight excluding hydrogens is 262 g/mol. The van der Waals surface area contributed by atoms with E-state index in [9.17, 15) is 4.79 Å². The first kappa shape index (κ1) is 15.3. The molecule has 0 fully saturated rings. The van der Waals surface area contributed by atoms with Gasteiger partial charge in [0, 0.05) is 24.7 Å². The molecule has 0 saturated heterocycles. The minimum absolute atomic E-state index is 0.0610. The number of carbonyl (C=O) groups excluding carboxylic acids is 1. The third-order valence-corrected chi connectivity index (χ3v) is 4.13. The lowest BCUT2D eigenvalue weighted by Gasteiger charge is -2.20. The Kier molecular flexibility index (Phi) is 4.78. The van der Waals surface area contributed by atoms with Gasteiger partial charge in [0.2, 0.25) is 0 Å². The molecule has 2 rings (SSSR count). The van der Waals surface area contributed by atoms with E-state index in [0.717, 1.165) is 23.0 Å². The molecule has 0 spiro atoms. The Balaban J connectivity index is 2.36. The van der Waals surface area contributed by atoms with Gasteiger partial charge in [0.15, 0.2) is 0 Å². The summed E-state index contributed by atoms with van der Waals surface area (Å²) in [6.45, 7) is 6.32. The zero-order valence-electron chi connectivity index (χ0n) is 13.1. The van der Waals surface area contributed by atoms with Gasteiger partial charge >= 0.3 is 0 Å². The van der Waals surface area contributed by atoms with Crippen molar-refractivity contribution in [2.24, 2.45) is 5.92 Å². The maximum atomic E-state index is 12.5. The molecule has 4 heteroatoms. The molecule has 0 aliphatic carbocycles.